The molecule has 3 aliphatic rings. The van der Waals surface area contributed by atoms with E-state index in [-0.39, 0.29) is 6.17 Å². The third-order valence-corrected chi connectivity index (χ3v) is 9.01. The molecule has 0 fully saturated rings. The highest BCUT2D eigenvalue weighted by molar-refractivity contribution is 8.14. The van der Waals surface area contributed by atoms with Gasteiger partial charge in [0.15, 0.2) is 16.5 Å². The minimum absolute atomic E-state index is 0.0588. The molecular formula is C19H26N6S3. The molecule has 0 amide bonds. The van der Waals surface area contributed by atoms with E-state index in [4.69, 9.17) is 5.10 Å². The zero-order valence-corrected chi connectivity index (χ0v) is 19.0. The minimum Gasteiger partial charge on any atom is -0.280 e. The Bertz CT molecular complexity index is 917. The fraction of sp³-hybridized carbons (Fsp3) is 0.632. The predicted molar refractivity (Wildman–Crippen MR) is 120 cm³/mol. The van der Waals surface area contributed by atoms with Crippen LogP contribution in [-0.4, -0.2) is 31.4 Å². The van der Waals surface area contributed by atoms with Gasteiger partial charge in [-0.05, 0) is 43.6 Å². The third-order valence-electron chi connectivity index (χ3n) is 5.46. The number of hydrogen-bond acceptors (Lipinski definition) is 8. The number of nitrogens with zero attached hydrogens (tertiary/aromatic N) is 5. The van der Waals surface area contributed by atoms with Crippen LogP contribution in [0.3, 0.4) is 0 Å². The van der Waals surface area contributed by atoms with E-state index in [1.165, 1.54) is 29.8 Å². The van der Waals surface area contributed by atoms with E-state index in [0.717, 1.165) is 46.5 Å². The number of aromatic nitrogens is 3. The molecule has 9 heteroatoms. The molecule has 0 spiro atoms. The van der Waals surface area contributed by atoms with Crippen LogP contribution in [-0.2, 0) is 12.8 Å². The van der Waals surface area contributed by atoms with Crippen molar-refractivity contribution in [2.24, 2.45) is 11.0 Å². The molecule has 2 aliphatic heterocycles. The number of amidine groups is 1. The Hall–Kier alpha value is -1.19. The van der Waals surface area contributed by atoms with Crippen molar-refractivity contribution in [2.75, 3.05) is 16.4 Å². The summed E-state index contributed by atoms with van der Waals surface area (Å²) in [7, 11) is 0. The fourth-order valence-corrected chi connectivity index (χ4v) is 7.34. The van der Waals surface area contributed by atoms with Gasteiger partial charge in [-0.2, -0.15) is 5.10 Å². The van der Waals surface area contributed by atoms with E-state index in [2.05, 4.69) is 45.9 Å². The number of rotatable bonds is 5. The smallest absolute Gasteiger partial charge is 0.241 e. The molecule has 2 aromatic rings. The van der Waals surface area contributed by atoms with Crippen LogP contribution in [0.4, 0.5) is 5.95 Å². The predicted octanol–water partition coefficient (Wildman–Crippen LogP) is 4.79. The SMILES string of the molecule is CCCSC1=NNC2c3c(sc4c3CC[C@H](C)C4)-n3c(SCCC)nnc3N12. The van der Waals surface area contributed by atoms with Gasteiger partial charge in [0.1, 0.15) is 5.00 Å². The molecule has 2 atom stereocenters. The maximum absolute atomic E-state index is 4.70. The molecule has 150 valence electrons. The van der Waals surface area contributed by atoms with Gasteiger partial charge in [-0.3, -0.25) is 10.3 Å². The Balaban J connectivity index is 1.64. The van der Waals surface area contributed by atoms with E-state index < -0.39 is 0 Å². The van der Waals surface area contributed by atoms with Crippen molar-refractivity contribution in [1.29, 1.82) is 0 Å². The second kappa shape index (κ2) is 7.57. The molecule has 1 N–H and O–H groups in total. The number of hydrazone groups is 1. The van der Waals surface area contributed by atoms with Crippen LogP contribution in [0, 0.1) is 5.92 Å². The second-order valence-electron chi connectivity index (χ2n) is 7.68. The largest absolute Gasteiger partial charge is 0.280 e. The Morgan fingerprint density at radius 2 is 2.00 bits per heavy atom. The maximum atomic E-state index is 4.70. The molecule has 28 heavy (non-hydrogen) atoms. The summed E-state index contributed by atoms with van der Waals surface area (Å²) in [6.45, 7) is 6.79. The average Bonchev–Trinajstić information content (AvgIpc) is 3.38. The standard InChI is InChI=1S/C19H26N6S3/c1-4-8-26-18-22-20-15-14-12-7-6-11(3)10-13(12)28-16(14)25-17(24(15)18)21-23-19(25)27-9-5-2/h11,15,20H,4-10H2,1-3H3/t11-,15?/m0/s1. The second-order valence-corrected chi connectivity index (χ2v) is 10.9. The summed E-state index contributed by atoms with van der Waals surface area (Å²) in [6, 6.07) is 0. The molecule has 0 radical (unpaired) electrons. The van der Waals surface area contributed by atoms with Gasteiger partial charge in [0.25, 0.3) is 0 Å². The molecule has 0 aromatic carbocycles. The Labute approximate surface area is 178 Å². The Kier molecular flexibility index (Phi) is 5.09. The normalized spacial score (nSPS) is 22.2. The van der Waals surface area contributed by atoms with Crippen LogP contribution in [0.1, 0.15) is 62.2 Å². The Morgan fingerprint density at radius 3 is 2.82 bits per heavy atom. The van der Waals surface area contributed by atoms with Gasteiger partial charge < -0.3 is 0 Å². The topological polar surface area (TPSA) is 58.3 Å². The fourth-order valence-electron chi connectivity index (χ4n) is 4.12. The van der Waals surface area contributed by atoms with Gasteiger partial charge in [0.05, 0.1) is 0 Å². The molecule has 5 rings (SSSR count). The lowest BCUT2D eigenvalue weighted by Crippen LogP contribution is -2.38. The number of fused-ring (bicyclic) bond motifs is 8. The summed E-state index contributed by atoms with van der Waals surface area (Å²) < 4.78 is 2.30. The van der Waals surface area contributed by atoms with E-state index in [1.807, 2.05) is 23.1 Å². The van der Waals surface area contributed by atoms with Gasteiger partial charge in [-0.25, -0.2) is 4.57 Å². The molecule has 2 aromatic heterocycles. The van der Waals surface area contributed by atoms with Gasteiger partial charge in [0.2, 0.25) is 5.95 Å². The van der Waals surface area contributed by atoms with Crippen LogP contribution in [0.15, 0.2) is 10.3 Å². The molecular weight excluding hydrogens is 408 g/mol. The van der Waals surface area contributed by atoms with Crippen LogP contribution >= 0.6 is 34.9 Å². The number of thiophene rings is 1. The summed E-state index contributed by atoms with van der Waals surface area (Å²) >= 11 is 5.56. The van der Waals surface area contributed by atoms with Gasteiger partial charge in [-0.15, -0.1) is 21.5 Å². The van der Waals surface area contributed by atoms with Gasteiger partial charge in [-0.1, -0.05) is 44.3 Å². The Morgan fingerprint density at radius 1 is 1.18 bits per heavy atom. The van der Waals surface area contributed by atoms with Gasteiger partial charge in [0, 0.05) is 21.9 Å². The molecule has 6 nitrogen and oxygen atoms in total. The lowest BCUT2D eigenvalue weighted by molar-refractivity contribution is 0.498. The number of hydrogen-bond donors (Lipinski definition) is 1. The first-order valence-corrected chi connectivity index (χ1v) is 13.0. The molecule has 0 saturated heterocycles. The van der Waals surface area contributed by atoms with E-state index in [1.54, 1.807) is 22.2 Å². The molecule has 4 heterocycles. The molecule has 1 unspecified atom stereocenters. The van der Waals surface area contributed by atoms with E-state index >= 15 is 0 Å². The number of anilines is 1. The lowest BCUT2D eigenvalue weighted by atomic mass is 9.87. The zero-order chi connectivity index (χ0) is 19.3. The molecule has 1 aliphatic carbocycles. The third kappa shape index (κ3) is 2.89. The number of thioether (sulfide) groups is 2. The van der Waals surface area contributed by atoms with Crippen molar-refractivity contribution < 1.29 is 0 Å². The first-order valence-electron chi connectivity index (χ1n) is 10.2. The maximum Gasteiger partial charge on any atom is 0.241 e. The molecule has 0 saturated carbocycles. The van der Waals surface area contributed by atoms with Crippen LogP contribution < -0.4 is 10.3 Å². The average molecular weight is 435 g/mol. The first kappa shape index (κ1) is 18.8. The van der Waals surface area contributed by atoms with Crippen molar-refractivity contribution in [3.05, 3.63) is 16.0 Å². The van der Waals surface area contributed by atoms with E-state index in [9.17, 15) is 0 Å². The van der Waals surface area contributed by atoms with Crippen molar-refractivity contribution in [3.63, 3.8) is 0 Å². The monoisotopic (exact) mass is 434 g/mol. The quantitative estimate of drug-likeness (QED) is 0.683. The highest BCUT2D eigenvalue weighted by Gasteiger charge is 2.44. The van der Waals surface area contributed by atoms with Crippen molar-refractivity contribution >= 4 is 46.0 Å². The number of nitrogens with one attached hydrogen (secondary N) is 1. The van der Waals surface area contributed by atoms with Crippen LogP contribution in [0.25, 0.3) is 5.00 Å². The summed E-state index contributed by atoms with van der Waals surface area (Å²) in [5.74, 6) is 3.79. The van der Waals surface area contributed by atoms with E-state index in [0.29, 0.717) is 0 Å². The first-order chi connectivity index (χ1) is 13.7. The van der Waals surface area contributed by atoms with Gasteiger partial charge >= 0.3 is 0 Å². The minimum atomic E-state index is 0.0588. The lowest BCUT2D eigenvalue weighted by Gasteiger charge is -2.32. The van der Waals surface area contributed by atoms with Crippen LogP contribution in [0.5, 0.6) is 0 Å². The summed E-state index contributed by atoms with van der Waals surface area (Å²) in [4.78, 5) is 3.82. The highest BCUT2D eigenvalue weighted by atomic mass is 32.2. The summed E-state index contributed by atoms with van der Waals surface area (Å²) in [6.07, 6.45) is 5.94. The molecule has 0 bridgehead atoms. The highest BCUT2D eigenvalue weighted by Crippen LogP contribution is 2.49. The zero-order valence-electron chi connectivity index (χ0n) is 16.6. The van der Waals surface area contributed by atoms with Crippen molar-refractivity contribution in [2.45, 2.75) is 64.2 Å². The van der Waals surface area contributed by atoms with Crippen molar-refractivity contribution in [3.8, 4) is 5.00 Å². The summed E-state index contributed by atoms with van der Waals surface area (Å²) in [5.41, 5.74) is 6.38. The van der Waals surface area contributed by atoms with Crippen molar-refractivity contribution in [1.82, 2.24) is 20.2 Å². The van der Waals surface area contributed by atoms with Crippen LogP contribution in [0.2, 0.25) is 0 Å². The summed E-state index contributed by atoms with van der Waals surface area (Å²) in [5, 5.41) is 17.2.